The van der Waals surface area contributed by atoms with Crippen LogP contribution in [0, 0.1) is 17.0 Å². The van der Waals surface area contributed by atoms with Crippen molar-refractivity contribution in [3.05, 3.63) is 35.4 Å². The quantitative estimate of drug-likeness (QED) is 0.781. The van der Waals surface area contributed by atoms with E-state index in [1.165, 1.54) is 0 Å². The lowest BCUT2D eigenvalue weighted by molar-refractivity contribution is 0.0847. The third-order valence-electron chi connectivity index (χ3n) is 4.55. The zero-order valence-corrected chi connectivity index (χ0v) is 13.0. The number of benzene rings is 1. The number of carbonyl (C=O) groups is 1. The van der Waals surface area contributed by atoms with Gasteiger partial charge in [-0.1, -0.05) is 13.8 Å². The van der Waals surface area contributed by atoms with Crippen LogP contribution in [0.4, 0.5) is 8.78 Å². The number of likely N-dealkylation sites (N-methyl/N-ethyl adjacent to an activating group) is 1. The maximum absolute atomic E-state index is 13.6. The summed E-state index contributed by atoms with van der Waals surface area (Å²) in [6.07, 6.45) is 4.35. The summed E-state index contributed by atoms with van der Waals surface area (Å²) in [5, 5.41) is 0. The molecule has 0 saturated heterocycles. The van der Waals surface area contributed by atoms with E-state index >= 15 is 0 Å². The van der Waals surface area contributed by atoms with Crippen molar-refractivity contribution in [2.24, 2.45) is 5.41 Å². The Labute approximate surface area is 125 Å². The van der Waals surface area contributed by atoms with Crippen LogP contribution < -0.4 is 0 Å². The Bertz CT molecular complexity index is 518. The van der Waals surface area contributed by atoms with Crippen LogP contribution in [-0.2, 0) is 0 Å². The first-order chi connectivity index (χ1) is 9.78. The van der Waals surface area contributed by atoms with Crippen LogP contribution in [0.2, 0.25) is 0 Å². The summed E-state index contributed by atoms with van der Waals surface area (Å²) in [5.41, 5.74) is 0.216. The molecule has 1 saturated carbocycles. The predicted molar refractivity (Wildman–Crippen MR) is 79.4 cm³/mol. The Morgan fingerprint density at radius 2 is 1.90 bits per heavy atom. The van der Waals surface area contributed by atoms with Gasteiger partial charge in [0.1, 0.15) is 11.6 Å². The average molecular weight is 295 g/mol. The molecule has 21 heavy (non-hydrogen) atoms. The van der Waals surface area contributed by atoms with Gasteiger partial charge in [-0.3, -0.25) is 9.69 Å². The molecule has 1 aliphatic carbocycles. The van der Waals surface area contributed by atoms with Crippen molar-refractivity contribution in [2.75, 3.05) is 13.6 Å². The van der Waals surface area contributed by atoms with Crippen molar-refractivity contribution in [2.45, 2.75) is 45.6 Å². The second-order valence-electron chi connectivity index (χ2n) is 6.86. The summed E-state index contributed by atoms with van der Waals surface area (Å²) >= 11 is 0. The lowest BCUT2D eigenvalue weighted by Crippen LogP contribution is -2.40. The molecule has 0 amide bonds. The van der Waals surface area contributed by atoms with E-state index in [2.05, 4.69) is 13.8 Å². The van der Waals surface area contributed by atoms with Gasteiger partial charge in [0.25, 0.3) is 0 Å². The molecule has 1 aliphatic rings. The highest BCUT2D eigenvalue weighted by Gasteiger charge is 2.29. The Kier molecular flexibility index (Phi) is 4.77. The van der Waals surface area contributed by atoms with E-state index in [9.17, 15) is 13.6 Å². The van der Waals surface area contributed by atoms with Crippen LogP contribution in [0.25, 0.3) is 0 Å². The molecule has 0 heterocycles. The molecule has 2 nitrogen and oxygen atoms in total. The van der Waals surface area contributed by atoms with E-state index in [0.717, 1.165) is 43.9 Å². The summed E-state index contributed by atoms with van der Waals surface area (Å²) in [6.45, 7) is 4.65. The third kappa shape index (κ3) is 4.10. The van der Waals surface area contributed by atoms with E-state index in [-0.39, 0.29) is 17.9 Å². The van der Waals surface area contributed by atoms with Crippen LogP contribution in [-0.4, -0.2) is 30.3 Å². The molecule has 0 aromatic heterocycles. The van der Waals surface area contributed by atoms with Crippen molar-refractivity contribution < 1.29 is 13.6 Å². The Hall–Kier alpha value is -1.29. The number of hydrogen-bond donors (Lipinski definition) is 0. The Morgan fingerprint density at radius 1 is 1.29 bits per heavy atom. The van der Waals surface area contributed by atoms with Crippen LogP contribution in [0.1, 0.15) is 49.9 Å². The first kappa shape index (κ1) is 16.1. The second kappa shape index (κ2) is 6.22. The first-order valence-corrected chi connectivity index (χ1v) is 7.47. The van der Waals surface area contributed by atoms with E-state index in [1.807, 2.05) is 11.9 Å². The topological polar surface area (TPSA) is 20.3 Å². The molecule has 1 fully saturated rings. The molecule has 116 valence electrons. The highest BCUT2D eigenvalue weighted by Crippen LogP contribution is 2.36. The smallest absolute Gasteiger partial charge is 0.179 e. The number of Topliss-reactive ketones (excluding diaryl/α,β-unsaturated/α-hetero) is 1. The minimum absolute atomic E-state index is 0.130. The second-order valence-corrected chi connectivity index (χ2v) is 6.86. The van der Waals surface area contributed by atoms with Crippen LogP contribution in [0.3, 0.4) is 0 Å². The van der Waals surface area contributed by atoms with Crippen LogP contribution in [0.5, 0.6) is 0 Å². The summed E-state index contributed by atoms with van der Waals surface area (Å²) in [7, 11) is 1.89. The molecule has 0 spiro atoms. The van der Waals surface area contributed by atoms with Gasteiger partial charge in [-0.15, -0.1) is 0 Å². The maximum Gasteiger partial charge on any atom is 0.179 e. The summed E-state index contributed by atoms with van der Waals surface area (Å²) in [5.74, 6) is -1.60. The van der Waals surface area contributed by atoms with Gasteiger partial charge in [0, 0.05) is 6.04 Å². The van der Waals surface area contributed by atoms with Gasteiger partial charge < -0.3 is 0 Å². The molecule has 1 aromatic carbocycles. The fourth-order valence-corrected chi connectivity index (χ4v) is 2.98. The number of hydrogen-bond acceptors (Lipinski definition) is 2. The van der Waals surface area contributed by atoms with E-state index in [1.54, 1.807) is 0 Å². The lowest BCUT2D eigenvalue weighted by atomic mass is 9.75. The molecular weight excluding hydrogens is 272 g/mol. The van der Waals surface area contributed by atoms with Gasteiger partial charge in [-0.25, -0.2) is 8.78 Å². The lowest BCUT2D eigenvalue weighted by Gasteiger charge is -2.38. The zero-order chi connectivity index (χ0) is 15.6. The molecule has 0 atom stereocenters. The molecule has 0 bridgehead atoms. The number of rotatable bonds is 4. The molecule has 0 aliphatic heterocycles. The van der Waals surface area contributed by atoms with Gasteiger partial charge in [0.05, 0.1) is 12.1 Å². The molecule has 0 radical (unpaired) electrons. The van der Waals surface area contributed by atoms with E-state index in [4.69, 9.17) is 0 Å². The number of ketones is 1. The van der Waals surface area contributed by atoms with Gasteiger partial charge in [0.2, 0.25) is 0 Å². The summed E-state index contributed by atoms with van der Waals surface area (Å²) in [4.78, 5) is 14.1. The molecule has 2 rings (SSSR count). The van der Waals surface area contributed by atoms with Crippen molar-refractivity contribution in [1.29, 1.82) is 0 Å². The SMILES string of the molecule is CN(CC(=O)c1cc(F)ccc1F)C1CCC(C)(C)CC1. The predicted octanol–water partition coefficient (Wildman–Crippen LogP) is 4.05. The van der Waals surface area contributed by atoms with Gasteiger partial charge in [0.15, 0.2) is 5.78 Å². The molecule has 4 heteroatoms. The summed E-state index contributed by atoms with van der Waals surface area (Å²) in [6, 6.07) is 3.36. The molecule has 0 N–H and O–H groups in total. The van der Waals surface area contributed by atoms with Crippen molar-refractivity contribution in [3.63, 3.8) is 0 Å². The third-order valence-corrected chi connectivity index (χ3v) is 4.55. The maximum atomic E-state index is 13.6. The van der Waals surface area contributed by atoms with Gasteiger partial charge in [-0.05, 0) is 56.3 Å². The molecule has 0 unspecified atom stereocenters. The van der Waals surface area contributed by atoms with Gasteiger partial charge in [-0.2, -0.15) is 0 Å². The van der Waals surface area contributed by atoms with Crippen LogP contribution in [0.15, 0.2) is 18.2 Å². The minimum Gasteiger partial charge on any atom is -0.296 e. The summed E-state index contributed by atoms with van der Waals surface area (Å²) < 4.78 is 26.8. The largest absolute Gasteiger partial charge is 0.296 e. The van der Waals surface area contributed by atoms with Crippen molar-refractivity contribution >= 4 is 5.78 Å². The van der Waals surface area contributed by atoms with Gasteiger partial charge >= 0.3 is 0 Å². The number of carbonyl (C=O) groups excluding carboxylic acids is 1. The zero-order valence-electron chi connectivity index (χ0n) is 13.0. The van der Waals surface area contributed by atoms with Crippen LogP contribution >= 0.6 is 0 Å². The first-order valence-electron chi connectivity index (χ1n) is 7.47. The minimum atomic E-state index is -0.653. The van der Waals surface area contributed by atoms with Crippen molar-refractivity contribution in [1.82, 2.24) is 4.90 Å². The fourth-order valence-electron chi connectivity index (χ4n) is 2.98. The normalized spacial score (nSPS) is 19.0. The fraction of sp³-hybridized carbons (Fsp3) is 0.588. The molecular formula is C17H23F2NO. The number of nitrogens with zero attached hydrogens (tertiary/aromatic N) is 1. The Morgan fingerprint density at radius 3 is 2.52 bits per heavy atom. The Balaban J connectivity index is 1.98. The van der Waals surface area contributed by atoms with E-state index < -0.39 is 11.6 Å². The standard InChI is InChI=1S/C17H23F2NO/c1-17(2)8-6-13(7-9-17)20(3)11-16(21)14-10-12(18)4-5-15(14)19/h4-5,10,13H,6-9,11H2,1-3H3. The number of halogens is 2. The monoisotopic (exact) mass is 295 g/mol. The molecule has 1 aromatic rings. The average Bonchev–Trinajstić information content (AvgIpc) is 2.41. The highest BCUT2D eigenvalue weighted by atomic mass is 19.1. The van der Waals surface area contributed by atoms with Crippen molar-refractivity contribution in [3.8, 4) is 0 Å². The van der Waals surface area contributed by atoms with E-state index in [0.29, 0.717) is 11.5 Å². The highest BCUT2D eigenvalue weighted by molar-refractivity contribution is 5.97.